The molecule has 0 fully saturated rings. The van der Waals surface area contributed by atoms with E-state index in [0.29, 0.717) is 22.7 Å². The van der Waals surface area contributed by atoms with Gasteiger partial charge in [0.15, 0.2) is 0 Å². The first kappa shape index (κ1) is 33.5. The number of ether oxygens (including phenoxy) is 1. The summed E-state index contributed by atoms with van der Waals surface area (Å²) in [7, 11) is 0. The van der Waals surface area contributed by atoms with Crippen molar-refractivity contribution in [1.29, 1.82) is 0 Å². The summed E-state index contributed by atoms with van der Waals surface area (Å²) >= 11 is 6.45. The highest BCUT2D eigenvalue weighted by Gasteiger charge is 2.36. The Hall–Kier alpha value is -4.04. The summed E-state index contributed by atoms with van der Waals surface area (Å²) < 4.78 is 5.50. The Labute approximate surface area is 259 Å². The Balaban J connectivity index is 2.08. The molecule has 2 unspecified atom stereocenters. The lowest BCUT2D eigenvalue weighted by Gasteiger charge is -2.35. The second kappa shape index (κ2) is 15.4. The predicted molar refractivity (Wildman–Crippen MR) is 170 cm³/mol. The van der Waals surface area contributed by atoms with Crippen molar-refractivity contribution < 1.29 is 24.2 Å². The number of para-hydroxylation sites is 1. The van der Waals surface area contributed by atoms with Gasteiger partial charge in [0.1, 0.15) is 23.4 Å². The molecule has 3 rings (SSSR count). The number of halogens is 1. The smallest absolute Gasteiger partial charge is 0.408 e. The molecular weight excluding hydrogens is 566 g/mol. The van der Waals surface area contributed by atoms with Gasteiger partial charge >= 0.3 is 6.09 Å². The van der Waals surface area contributed by atoms with Gasteiger partial charge in [0.25, 0.3) is 5.91 Å². The summed E-state index contributed by atoms with van der Waals surface area (Å²) in [5.74, 6) is -0.875. The molecular formula is C34H42ClN3O5. The van der Waals surface area contributed by atoms with Crippen LogP contribution in [0, 0.1) is 6.92 Å². The number of aryl methyl sites for hydroxylation is 1. The first-order valence-corrected chi connectivity index (χ1v) is 15.0. The fourth-order valence-electron chi connectivity index (χ4n) is 4.71. The quantitative estimate of drug-likeness (QED) is 0.189. The van der Waals surface area contributed by atoms with Gasteiger partial charge in [-0.2, -0.15) is 0 Å². The predicted octanol–water partition coefficient (Wildman–Crippen LogP) is 7.19. The molecule has 0 spiro atoms. The summed E-state index contributed by atoms with van der Waals surface area (Å²) in [6, 6.07) is 18.8. The van der Waals surface area contributed by atoms with E-state index in [2.05, 4.69) is 17.6 Å². The summed E-state index contributed by atoms with van der Waals surface area (Å²) in [5, 5.41) is 16.1. The van der Waals surface area contributed by atoms with Gasteiger partial charge in [-0.05, 0) is 69.0 Å². The zero-order chi connectivity index (χ0) is 31.6. The van der Waals surface area contributed by atoms with Crippen LogP contribution in [0.25, 0.3) is 0 Å². The molecule has 0 heterocycles. The van der Waals surface area contributed by atoms with E-state index in [1.807, 2.05) is 43.3 Å². The Morgan fingerprint density at radius 1 is 0.953 bits per heavy atom. The van der Waals surface area contributed by atoms with Crippen molar-refractivity contribution >= 4 is 35.2 Å². The van der Waals surface area contributed by atoms with Crippen molar-refractivity contribution in [2.24, 2.45) is 0 Å². The van der Waals surface area contributed by atoms with E-state index in [4.69, 9.17) is 16.3 Å². The number of alkyl carbamates (subject to hydrolysis) is 1. The van der Waals surface area contributed by atoms with Gasteiger partial charge in [-0.25, -0.2) is 4.79 Å². The molecule has 0 aliphatic heterocycles. The van der Waals surface area contributed by atoms with Crippen LogP contribution in [0.3, 0.4) is 0 Å². The Morgan fingerprint density at radius 2 is 1.63 bits per heavy atom. The van der Waals surface area contributed by atoms with Crippen molar-refractivity contribution in [3.8, 4) is 5.75 Å². The van der Waals surface area contributed by atoms with Crippen LogP contribution in [-0.2, 0) is 20.7 Å². The lowest BCUT2D eigenvalue weighted by atomic mass is 9.99. The van der Waals surface area contributed by atoms with Gasteiger partial charge in [-0.15, -0.1) is 0 Å². The molecule has 0 saturated heterocycles. The highest BCUT2D eigenvalue weighted by atomic mass is 35.5. The number of carbonyl (C=O) groups is 3. The zero-order valence-electron chi connectivity index (χ0n) is 25.5. The van der Waals surface area contributed by atoms with Crippen molar-refractivity contribution in [3.05, 3.63) is 94.5 Å². The Bertz CT molecular complexity index is 1350. The number of hydrogen-bond acceptors (Lipinski definition) is 5. The first-order valence-electron chi connectivity index (χ1n) is 14.6. The van der Waals surface area contributed by atoms with Crippen LogP contribution in [0.4, 0.5) is 10.5 Å². The normalized spacial score (nSPS) is 12.6. The zero-order valence-corrected chi connectivity index (χ0v) is 26.3. The van der Waals surface area contributed by atoms with Crippen LogP contribution >= 0.6 is 11.6 Å². The van der Waals surface area contributed by atoms with Crippen LogP contribution in [-0.4, -0.2) is 46.1 Å². The van der Waals surface area contributed by atoms with Crippen LogP contribution in [0.1, 0.15) is 69.7 Å². The first-order chi connectivity index (χ1) is 20.4. The van der Waals surface area contributed by atoms with Gasteiger partial charge in [-0.3, -0.25) is 9.59 Å². The summed E-state index contributed by atoms with van der Waals surface area (Å²) in [6.07, 6.45) is 1.84. The number of aromatic hydroxyl groups is 1. The standard InChI is InChI=1S/C34H42ClN3O5/c1-6-7-11-21-38(32(41)28(22-24-14-9-8-10-15-24)36-33(42)43-34(3,4)5)30(25-17-19-26(39)20-18-25)31(40)37-29-23(2)13-12-16-27(29)35/h8-10,12-20,28,30,39H,6-7,11,21-22H2,1-5H3,(H,36,42)(H,37,40). The number of unbranched alkanes of at least 4 members (excludes halogenated alkanes) is 2. The molecule has 8 nitrogen and oxygen atoms in total. The molecule has 9 heteroatoms. The molecule has 3 aromatic carbocycles. The van der Waals surface area contributed by atoms with Gasteiger partial charge in [0.05, 0.1) is 10.7 Å². The maximum atomic E-state index is 14.5. The topological polar surface area (TPSA) is 108 Å². The Morgan fingerprint density at radius 3 is 2.23 bits per heavy atom. The highest BCUT2D eigenvalue weighted by Crippen LogP contribution is 2.30. The summed E-state index contributed by atoms with van der Waals surface area (Å²) in [6.45, 7) is 9.40. The second-order valence-electron chi connectivity index (χ2n) is 11.5. The van der Waals surface area contributed by atoms with Crippen LogP contribution < -0.4 is 10.6 Å². The molecule has 0 saturated carbocycles. The lowest BCUT2D eigenvalue weighted by Crippen LogP contribution is -2.53. The fraction of sp³-hybridized carbons (Fsp3) is 0.382. The number of phenols is 1. The van der Waals surface area contributed by atoms with Gasteiger partial charge < -0.3 is 25.4 Å². The molecule has 43 heavy (non-hydrogen) atoms. The molecule has 0 radical (unpaired) electrons. The van der Waals surface area contributed by atoms with Gasteiger partial charge in [0.2, 0.25) is 5.91 Å². The number of nitrogens with one attached hydrogen (secondary N) is 2. The number of phenolic OH excluding ortho intramolecular Hbond substituents is 1. The Kier molecular flexibility index (Phi) is 12.0. The number of amides is 3. The van der Waals surface area contributed by atoms with Gasteiger partial charge in [-0.1, -0.05) is 86.0 Å². The van der Waals surface area contributed by atoms with E-state index in [-0.39, 0.29) is 18.7 Å². The molecule has 2 atom stereocenters. The third kappa shape index (κ3) is 10.0. The minimum atomic E-state index is -1.08. The maximum absolute atomic E-state index is 14.5. The van der Waals surface area contributed by atoms with Crippen LogP contribution in [0.5, 0.6) is 5.75 Å². The minimum absolute atomic E-state index is 0.0299. The number of rotatable bonds is 12. The van der Waals surface area contributed by atoms with Crippen molar-refractivity contribution in [1.82, 2.24) is 10.2 Å². The van der Waals surface area contributed by atoms with Crippen molar-refractivity contribution in [2.75, 3.05) is 11.9 Å². The van der Waals surface area contributed by atoms with E-state index in [0.717, 1.165) is 24.0 Å². The largest absolute Gasteiger partial charge is 0.508 e. The molecule has 230 valence electrons. The number of anilines is 1. The average Bonchev–Trinajstić information content (AvgIpc) is 2.94. The molecule has 0 aromatic heterocycles. The fourth-order valence-corrected chi connectivity index (χ4v) is 4.98. The minimum Gasteiger partial charge on any atom is -0.508 e. The third-order valence-corrected chi connectivity index (χ3v) is 7.11. The third-order valence-electron chi connectivity index (χ3n) is 6.80. The average molecular weight is 608 g/mol. The second-order valence-corrected chi connectivity index (χ2v) is 11.9. The van der Waals surface area contributed by atoms with Gasteiger partial charge in [0, 0.05) is 13.0 Å². The molecule has 0 aliphatic carbocycles. The van der Waals surface area contributed by atoms with Crippen LogP contribution in [0.15, 0.2) is 72.8 Å². The number of nitrogens with zero attached hydrogens (tertiary/aromatic N) is 1. The molecule has 3 N–H and O–H groups in total. The molecule has 3 amide bonds. The summed E-state index contributed by atoms with van der Waals surface area (Å²) in [5.41, 5.74) is 1.78. The van der Waals surface area contributed by atoms with E-state index < -0.39 is 35.6 Å². The number of hydrogen-bond donors (Lipinski definition) is 3. The van der Waals surface area contributed by atoms with Crippen molar-refractivity contribution in [2.45, 2.75) is 78.0 Å². The number of benzene rings is 3. The molecule has 0 aliphatic rings. The lowest BCUT2D eigenvalue weighted by molar-refractivity contribution is -0.140. The van der Waals surface area contributed by atoms with Crippen molar-refractivity contribution in [3.63, 3.8) is 0 Å². The van der Waals surface area contributed by atoms with E-state index in [1.165, 1.54) is 17.0 Å². The van der Waals surface area contributed by atoms with E-state index >= 15 is 0 Å². The number of carbonyl (C=O) groups excluding carboxylic acids is 3. The van der Waals surface area contributed by atoms with Crippen LogP contribution in [0.2, 0.25) is 5.02 Å². The maximum Gasteiger partial charge on any atom is 0.408 e. The van der Waals surface area contributed by atoms with E-state index in [1.54, 1.807) is 45.0 Å². The summed E-state index contributed by atoms with van der Waals surface area (Å²) in [4.78, 5) is 43.1. The monoisotopic (exact) mass is 607 g/mol. The molecule has 0 bridgehead atoms. The van der Waals surface area contributed by atoms with E-state index in [9.17, 15) is 19.5 Å². The molecule has 3 aromatic rings. The highest BCUT2D eigenvalue weighted by molar-refractivity contribution is 6.34. The SMILES string of the molecule is CCCCCN(C(=O)C(Cc1ccccc1)NC(=O)OC(C)(C)C)C(C(=O)Nc1c(C)cccc1Cl)c1ccc(O)cc1.